The third-order valence-corrected chi connectivity index (χ3v) is 8.05. The Labute approximate surface area is 155 Å². The van der Waals surface area contributed by atoms with Gasteiger partial charge in [-0.1, -0.05) is 18.2 Å². The second-order valence-electron chi connectivity index (χ2n) is 9.25. The highest BCUT2D eigenvalue weighted by molar-refractivity contribution is 5.62. The predicted molar refractivity (Wildman–Crippen MR) is 103 cm³/mol. The fraction of sp³-hybridized carbons (Fsp3) is 0.565. The lowest BCUT2D eigenvalue weighted by atomic mass is 9.47. The Balaban J connectivity index is 1.62. The quantitative estimate of drug-likeness (QED) is 0.727. The van der Waals surface area contributed by atoms with E-state index in [4.69, 9.17) is 9.97 Å². The summed E-state index contributed by atoms with van der Waals surface area (Å²) < 4.78 is 0. The second kappa shape index (κ2) is 5.09. The maximum Gasteiger partial charge on any atom is 0.0906 e. The molecular formula is C23H27N3. The largest absolute Gasteiger partial charge is 0.351 e. The van der Waals surface area contributed by atoms with Gasteiger partial charge >= 0.3 is 0 Å². The molecule has 0 radical (unpaired) electrons. The molecule has 134 valence electrons. The van der Waals surface area contributed by atoms with Crippen molar-refractivity contribution >= 4 is 5.69 Å². The first-order chi connectivity index (χ1) is 12.7. The zero-order chi connectivity index (χ0) is 17.5. The Morgan fingerprint density at radius 2 is 1.58 bits per heavy atom. The summed E-state index contributed by atoms with van der Waals surface area (Å²) in [6.45, 7) is 4.61. The molecule has 2 heterocycles. The van der Waals surface area contributed by atoms with Crippen molar-refractivity contribution in [3.63, 3.8) is 0 Å². The SMILES string of the molecule is Cc1ccccc1N1C(C)c2nccnc2C12C1CC3CC(C1)CC2C3. The van der Waals surface area contributed by atoms with Crippen molar-refractivity contribution in [3.8, 4) is 0 Å². The van der Waals surface area contributed by atoms with Gasteiger partial charge in [0.25, 0.3) is 0 Å². The van der Waals surface area contributed by atoms with Gasteiger partial charge in [0, 0.05) is 18.1 Å². The summed E-state index contributed by atoms with van der Waals surface area (Å²) in [6, 6.07) is 9.24. The van der Waals surface area contributed by atoms with Crippen LogP contribution in [0.25, 0.3) is 0 Å². The molecule has 1 aromatic heterocycles. The van der Waals surface area contributed by atoms with Crippen LogP contribution in [-0.4, -0.2) is 9.97 Å². The van der Waals surface area contributed by atoms with E-state index in [1.165, 1.54) is 54.7 Å². The second-order valence-corrected chi connectivity index (χ2v) is 9.25. The van der Waals surface area contributed by atoms with Crippen molar-refractivity contribution < 1.29 is 0 Å². The van der Waals surface area contributed by atoms with Gasteiger partial charge in [-0.2, -0.15) is 0 Å². The zero-order valence-electron chi connectivity index (χ0n) is 15.7. The van der Waals surface area contributed by atoms with Crippen molar-refractivity contribution in [3.05, 3.63) is 53.6 Å². The predicted octanol–water partition coefficient (Wildman–Crippen LogP) is 5.02. The summed E-state index contributed by atoms with van der Waals surface area (Å²) in [5.74, 6) is 3.38. The monoisotopic (exact) mass is 345 g/mol. The summed E-state index contributed by atoms with van der Waals surface area (Å²) in [7, 11) is 0. The molecule has 1 unspecified atom stereocenters. The number of hydrogen-bond donors (Lipinski definition) is 0. The molecule has 1 aromatic carbocycles. The van der Waals surface area contributed by atoms with Crippen LogP contribution in [0.15, 0.2) is 36.7 Å². The van der Waals surface area contributed by atoms with Crippen molar-refractivity contribution in [1.29, 1.82) is 0 Å². The first-order valence-electron chi connectivity index (χ1n) is 10.4. The van der Waals surface area contributed by atoms with Crippen LogP contribution in [0.2, 0.25) is 0 Å². The smallest absolute Gasteiger partial charge is 0.0906 e. The highest BCUT2D eigenvalue weighted by Crippen LogP contribution is 2.68. The van der Waals surface area contributed by atoms with E-state index < -0.39 is 0 Å². The van der Waals surface area contributed by atoms with Crippen molar-refractivity contribution in [2.24, 2.45) is 23.7 Å². The standard InChI is InChI=1S/C23H27N3/c1-14-5-3-4-6-20(14)26-15(2)21-22(25-8-7-24-21)23(26)18-10-16-9-17(12-18)13-19(23)11-16/h3-8,15-19H,9-13H2,1-2H3. The molecular weight excluding hydrogens is 318 g/mol. The minimum absolute atomic E-state index is 0.0720. The summed E-state index contributed by atoms with van der Waals surface area (Å²) in [6.07, 6.45) is 10.9. The van der Waals surface area contributed by atoms with E-state index in [2.05, 4.69) is 43.0 Å². The van der Waals surface area contributed by atoms with Crippen molar-refractivity contribution in [2.75, 3.05) is 4.90 Å². The minimum Gasteiger partial charge on any atom is -0.351 e. The summed E-state index contributed by atoms with van der Waals surface area (Å²) in [5, 5.41) is 0. The number of benzene rings is 1. The van der Waals surface area contributed by atoms with E-state index in [1.54, 1.807) is 0 Å². The molecule has 4 bridgehead atoms. The summed E-state index contributed by atoms with van der Waals surface area (Å²) >= 11 is 0. The van der Waals surface area contributed by atoms with Crippen molar-refractivity contribution in [2.45, 2.75) is 57.5 Å². The number of anilines is 1. The number of aryl methyl sites for hydroxylation is 1. The number of rotatable bonds is 1. The minimum atomic E-state index is 0.0720. The van der Waals surface area contributed by atoms with Gasteiger partial charge in [0.2, 0.25) is 0 Å². The van der Waals surface area contributed by atoms with Crippen LogP contribution < -0.4 is 4.90 Å². The molecule has 4 fully saturated rings. The van der Waals surface area contributed by atoms with Crippen LogP contribution in [0.4, 0.5) is 5.69 Å². The van der Waals surface area contributed by atoms with Crippen LogP contribution >= 0.6 is 0 Å². The molecule has 4 aliphatic carbocycles. The van der Waals surface area contributed by atoms with Gasteiger partial charge in [0.1, 0.15) is 0 Å². The average Bonchev–Trinajstić information content (AvgIpc) is 2.90. The van der Waals surface area contributed by atoms with Crippen LogP contribution in [0.3, 0.4) is 0 Å². The van der Waals surface area contributed by atoms with E-state index in [9.17, 15) is 0 Å². The Morgan fingerprint density at radius 1 is 0.923 bits per heavy atom. The first-order valence-corrected chi connectivity index (χ1v) is 10.4. The molecule has 1 aliphatic heterocycles. The number of fused-ring (bicyclic) bond motifs is 1. The molecule has 1 spiro atoms. The summed E-state index contributed by atoms with van der Waals surface area (Å²) in [4.78, 5) is 12.6. The Hall–Kier alpha value is -1.90. The average molecular weight is 345 g/mol. The maximum absolute atomic E-state index is 5.01. The van der Waals surface area contributed by atoms with E-state index in [0.717, 1.165) is 23.7 Å². The molecule has 7 rings (SSSR count). The molecule has 26 heavy (non-hydrogen) atoms. The molecule has 2 aromatic rings. The van der Waals surface area contributed by atoms with E-state index in [0.29, 0.717) is 6.04 Å². The fourth-order valence-corrected chi connectivity index (χ4v) is 7.44. The lowest BCUT2D eigenvalue weighted by Crippen LogP contribution is -2.62. The van der Waals surface area contributed by atoms with Crippen LogP contribution in [-0.2, 0) is 5.54 Å². The van der Waals surface area contributed by atoms with Gasteiger partial charge in [0.15, 0.2) is 0 Å². The highest BCUT2D eigenvalue weighted by Gasteiger charge is 2.65. The third-order valence-electron chi connectivity index (χ3n) is 8.05. The van der Waals surface area contributed by atoms with E-state index >= 15 is 0 Å². The molecule has 1 atom stereocenters. The maximum atomic E-state index is 5.01. The van der Waals surface area contributed by atoms with Gasteiger partial charge < -0.3 is 4.90 Å². The number of hydrogen-bond acceptors (Lipinski definition) is 3. The molecule has 0 N–H and O–H groups in total. The van der Waals surface area contributed by atoms with Gasteiger partial charge in [-0.3, -0.25) is 9.97 Å². The highest BCUT2D eigenvalue weighted by atomic mass is 15.3. The zero-order valence-corrected chi connectivity index (χ0v) is 15.7. The third kappa shape index (κ3) is 1.70. The number of nitrogens with zero attached hydrogens (tertiary/aromatic N) is 3. The lowest BCUT2D eigenvalue weighted by Gasteiger charge is -2.63. The van der Waals surface area contributed by atoms with Gasteiger partial charge in [-0.05, 0) is 81.3 Å². The number of para-hydroxylation sites is 1. The topological polar surface area (TPSA) is 29.0 Å². The lowest BCUT2D eigenvalue weighted by molar-refractivity contribution is -0.0619. The molecule has 4 saturated carbocycles. The fourth-order valence-electron chi connectivity index (χ4n) is 7.44. The van der Waals surface area contributed by atoms with Gasteiger partial charge in [-0.15, -0.1) is 0 Å². The Bertz CT molecular complexity index is 845. The van der Waals surface area contributed by atoms with E-state index in [1.807, 2.05) is 12.4 Å². The molecule has 3 heteroatoms. The van der Waals surface area contributed by atoms with Gasteiger partial charge in [0.05, 0.1) is 23.0 Å². The molecule has 5 aliphatic rings. The first kappa shape index (κ1) is 15.2. The van der Waals surface area contributed by atoms with E-state index in [-0.39, 0.29) is 5.54 Å². The molecule has 0 amide bonds. The Kier molecular flexibility index (Phi) is 2.97. The van der Waals surface area contributed by atoms with Crippen LogP contribution in [0, 0.1) is 30.6 Å². The summed E-state index contributed by atoms with van der Waals surface area (Å²) in [5.41, 5.74) is 5.38. The number of aromatic nitrogens is 2. The van der Waals surface area contributed by atoms with Crippen molar-refractivity contribution in [1.82, 2.24) is 9.97 Å². The van der Waals surface area contributed by atoms with Crippen LogP contribution in [0.5, 0.6) is 0 Å². The molecule has 0 saturated heterocycles. The van der Waals surface area contributed by atoms with Gasteiger partial charge in [-0.25, -0.2) is 0 Å². The normalized spacial score (nSPS) is 39.6. The van der Waals surface area contributed by atoms with Crippen LogP contribution in [0.1, 0.15) is 62.0 Å². The molecule has 3 nitrogen and oxygen atoms in total. The Morgan fingerprint density at radius 3 is 2.27 bits per heavy atom.